The Hall–Kier alpha value is -1.31. The fourth-order valence-corrected chi connectivity index (χ4v) is 4.11. The van der Waals surface area contributed by atoms with Crippen LogP contribution < -0.4 is 9.64 Å². The van der Waals surface area contributed by atoms with Crippen LogP contribution in [-0.2, 0) is 10.0 Å². The van der Waals surface area contributed by atoms with Gasteiger partial charge in [0.1, 0.15) is 12.4 Å². The minimum absolute atomic E-state index is 0.350. The summed E-state index contributed by atoms with van der Waals surface area (Å²) in [6.45, 7) is 4.03. The van der Waals surface area contributed by atoms with E-state index in [9.17, 15) is 8.42 Å². The van der Waals surface area contributed by atoms with Gasteiger partial charge < -0.3 is 14.5 Å². The number of fused-ring (bicyclic) bond motifs is 1. The molecule has 2 aliphatic heterocycles. The Morgan fingerprint density at radius 3 is 2.48 bits per heavy atom. The minimum atomic E-state index is -3.42. The summed E-state index contributed by atoms with van der Waals surface area (Å²) in [5.74, 6) is 0.751. The monoisotopic (exact) mass is 311 g/mol. The zero-order valence-electron chi connectivity index (χ0n) is 12.4. The largest absolute Gasteiger partial charge is 0.490 e. The van der Waals surface area contributed by atoms with Gasteiger partial charge in [-0.2, -0.15) is 4.31 Å². The molecule has 0 bridgehead atoms. The van der Waals surface area contributed by atoms with Gasteiger partial charge in [0.25, 0.3) is 0 Å². The first-order valence-corrected chi connectivity index (χ1v) is 8.59. The third-order valence-corrected chi connectivity index (χ3v) is 6.02. The van der Waals surface area contributed by atoms with Gasteiger partial charge >= 0.3 is 0 Å². The van der Waals surface area contributed by atoms with E-state index in [0.29, 0.717) is 24.6 Å². The van der Waals surface area contributed by atoms with Gasteiger partial charge in [0.15, 0.2) is 0 Å². The Kier molecular flexibility index (Phi) is 3.81. The standard InChI is InChI=1S/C14H21N3O3S/c1-15-5-7-17(8-6-15)21(18,19)12-3-4-14-13(11-12)16(2)9-10-20-14/h3-4,11H,5-10H2,1-2H3. The summed E-state index contributed by atoms with van der Waals surface area (Å²) in [6.07, 6.45) is 0. The third-order valence-electron chi connectivity index (χ3n) is 4.13. The van der Waals surface area contributed by atoms with Gasteiger partial charge in [-0.25, -0.2) is 8.42 Å². The second-order valence-electron chi connectivity index (χ2n) is 5.61. The van der Waals surface area contributed by atoms with Gasteiger partial charge in [0.2, 0.25) is 10.0 Å². The quantitative estimate of drug-likeness (QED) is 0.794. The first-order valence-electron chi connectivity index (χ1n) is 7.15. The summed E-state index contributed by atoms with van der Waals surface area (Å²) in [7, 11) is 0.543. The van der Waals surface area contributed by atoms with Crippen molar-refractivity contribution in [2.75, 3.05) is 58.3 Å². The van der Waals surface area contributed by atoms with Crippen molar-refractivity contribution in [3.63, 3.8) is 0 Å². The molecule has 0 aromatic heterocycles. The molecular weight excluding hydrogens is 290 g/mol. The lowest BCUT2D eigenvalue weighted by Gasteiger charge is -2.32. The Bertz CT molecular complexity index is 624. The van der Waals surface area contributed by atoms with Crippen LogP contribution in [0.15, 0.2) is 23.1 Å². The maximum atomic E-state index is 12.7. The van der Waals surface area contributed by atoms with E-state index >= 15 is 0 Å². The number of hydrogen-bond acceptors (Lipinski definition) is 5. The van der Waals surface area contributed by atoms with Crippen LogP contribution in [0.5, 0.6) is 5.75 Å². The van der Waals surface area contributed by atoms with Gasteiger partial charge in [-0.1, -0.05) is 0 Å². The zero-order chi connectivity index (χ0) is 15.0. The first kappa shape index (κ1) is 14.6. The van der Waals surface area contributed by atoms with Crippen molar-refractivity contribution in [2.24, 2.45) is 0 Å². The number of sulfonamides is 1. The summed E-state index contributed by atoms with van der Waals surface area (Å²) in [6, 6.07) is 5.13. The summed E-state index contributed by atoms with van der Waals surface area (Å²) in [5, 5.41) is 0. The number of rotatable bonds is 2. The van der Waals surface area contributed by atoms with Crippen LogP contribution >= 0.6 is 0 Å². The maximum absolute atomic E-state index is 12.7. The highest BCUT2D eigenvalue weighted by atomic mass is 32.2. The molecule has 0 unspecified atom stereocenters. The lowest BCUT2D eigenvalue weighted by molar-refractivity contribution is 0.222. The molecule has 2 aliphatic rings. The second kappa shape index (κ2) is 5.47. The van der Waals surface area contributed by atoms with Crippen LogP contribution in [0, 0.1) is 0 Å². The fourth-order valence-electron chi connectivity index (χ4n) is 2.67. The minimum Gasteiger partial charge on any atom is -0.490 e. The normalized spacial score (nSPS) is 21.0. The average Bonchev–Trinajstić information content (AvgIpc) is 2.48. The number of benzene rings is 1. The van der Waals surface area contributed by atoms with Crippen LogP contribution in [0.1, 0.15) is 0 Å². The lowest BCUT2D eigenvalue weighted by atomic mass is 10.2. The number of piperazine rings is 1. The lowest BCUT2D eigenvalue weighted by Crippen LogP contribution is -2.47. The molecule has 0 aliphatic carbocycles. The Labute approximate surface area is 125 Å². The summed E-state index contributed by atoms with van der Waals surface area (Å²) in [4.78, 5) is 4.52. The van der Waals surface area contributed by atoms with E-state index in [1.165, 1.54) is 0 Å². The number of anilines is 1. The molecule has 1 fully saturated rings. The molecule has 0 amide bonds. The molecule has 0 N–H and O–H groups in total. The molecule has 1 aromatic carbocycles. The SMILES string of the molecule is CN1CCN(S(=O)(=O)c2ccc3c(c2)N(C)CCO3)CC1. The molecular formula is C14H21N3O3S. The highest BCUT2D eigenvalue weighted by molar-refractivity contribution is 7.89. The van der Waals surface area contributed by atoms with Crippen LogP contribution in [-0.4, -0.2) is 71.0 Å². The van der Waals surface area contributed by atoms with Crippen molar-refractivity contribution in [1.82, 2.24) is 9.21 Å². The summed E-state index contributed by atoms with van der Waals surface area (Å²) >= 11 is 0. The molecule has 6 nitrogen and oxygen atoms in total. The molecule has 1 aromatic rings. The number of likely N-dealkylation sites (N-methyl/N-ethyl adjacent to an activating group) is 2. The number of ether oxygens (including phenoxy) is 1. The van der Waals surface area contributed by atoms with Crippen molar-refractivity contribution >= 4 is 15.7 Å². The van der Waals surface area contributed by atoms with E-state index in [1.807, 2.05) is 19.0 Å². The third kappa shape index (κ3) is 2.73. The molecule has 3 rings (SSSR count). The molecule has 1 saturated heterocycles. The van der Waals surface area contributed by atoms with E-state index in [2.05, 4.69) is 4.90 Å². The van der Waals surface area contributed by atoms with Crippen LogP contribution in [0.4, 0.5) is 5.69 Å². The smallest absolute Gasteiger partial charge is 0.243 e. The molecule has 0 saturated carbocycles. The molecule has 0 radical (unpaired) electrons. The van der Waals surface area contributed by atoms with E-state index in [1.54, 1.807) is 22.5 Å². The molecule has 21 heavy (non-hydrogen) atoms. The Morgan fingerprint density at radius 1 is 1.05 bits per heavy atom. The van der Waals surface area contributed by atoms with Crippen molar-refractivity contribution in [3.8, 4) is 5.75 Å². The van der Waals surface area contributed by atoms with Gasteiger partial charge in [0, 0.05) is 33.2 Å². The maximum Gasteiger partial charge on any atom is 0.243 e. The van der Waals surface area contributed by atoms with E-state index < -0.39 is 10.0 Å². The summed E-state index contributed by atoms with van der Waals surface area (Å²) in [5.41, 5.74) is 0.844. The van der Waals surface area contributed by atoms with Gasteiger partial charge in [-0.3, -0.25) is 0 Å². The molecule has 7 heteroatoms. The first-order chi connectivity index (χ1) is 9.98. The van der Waals surface area contributed by atoms with Gasteiger partial charge in [-0.05, 0) is 25.2 Å². The van der Waals surface area contributed by atoms with Gasteiger partial charge in [0.05, 0.1) is 17.1 Å². The fraction of sp³-hybridized carbons (Fsp3) is 0.571. The van der Waals surface area contributed by atoms with Crippen molar-refractivity contribution in [2.45, 2.75) is 4.90 Å². The van der Waals surface area contributed by atoms with Gasteiger partial charge in [-0.15, -0.1) is 0 Å². The topological polar surface area (TPSA) is 53.1 Å². The van der Waals surface area contributed by atoms with Crippen molar-refractivity contribution in [3.05, 3.63) is 18.2 Å². The predicted octanol–water partition coefficient (Wildman–Crippen LogP) is 0.451. The number of nitrogens with zero attached hydrogens (tertiary/aromatic N) is 3. The highest BCUT2D eigenvalue weighted by Crippen LogP contribution is 2.33. The highest BCUT2D eigenvalue weighted by Gasteiger charge is 2.29. The van der Waals surface area contributed by atoms with Crippen molar-refractivity contribution < 1.29 is 13.2 Å². The molecule has 116 valence electrons. The Morgan fingerprint density at radius 2 is 1.76 bits per heavy atom. The second-order valence-corrected chi connectivity index (χ2v) is 7.54. The predicted molar refractivity (Wildman–Crippen MR) is 81.5 cm³/mol. The van der Waals surface area contributed by atoms with Crippen LogP contribution in [0.25, 0.3) is 0 Å². The summed E-state index contributed by atoms with van der Waals surface area (Å²) < 4.78 is 32.6. The van der Waals surface area contributed by atoms with Crippen LogP contribution in [0.3, 0.4) is 0 Å². The molecule has 0 spiro atoms. The Balaban J connectivity index is 1.91. The molecule has 0 atom stereocenters. The number of hydrogen-bond donors (Lipinski definition) is 0. The van der Waals surface area contributed by atoms with Crippen LogP contribution in [0.2, 0.25) is 0 Å². The van der Waals surface area contributed by atoms with E-state index in [-0.39, 0.29) is 0 Å². The van der Waals surface area contributed by atoms with E-state index in [4.69, 9.17) is 4.74 Å². The van der Waals surface area contributed by atoms with Crippen molar-refractivity contribution in [1.29, 1.82) is 0 Å². The average molecular weight is 311 g/mol. The van der Waals surface area contributed by atoms with E-state index in [0.717, 1.165) is 31.1 Å². The molecule has 2 heterocycles. The zero-order valence-corrected chi connectivity index (χ0v) is 13.3.